The molecule has 0 unspecified atom stereocenters. The molecule has 1 aliphatic carbocycles. The third-order valence-electron chi connectivity index (χ3n) is 7.49. The van der Waals surface area contributed by atoms with Gasteiger partial charge in [0.05, 0.1) is 12.2 Å². The first kappa shape index (κ1) is 21.9. The first-order valence-corrected chi connectivity index (χ1v) is 12.6. The van der Waals surface area contributed by atoms with Gasteiger partial charge in [0, 0.05) is 71.7 Å². The number of alkyl halides is 1. The first-order valence-electron chi connectivity index (χ1n) is 12.6. The van der Waals surface area contributed by atoms with Crippen molar-refractivity contribution in [3.63, 3.8) is 0 Å². The van der Waals surface area contributed by atoms with Crippen LogP contribution < -0.4 is 11.1 Å². The number of hydrogen-bond acceptors (Lipinski definition) is 7. The van der Waals surface area contributed by atoms with Crippen LogP contribution in [0.25, 0.3) is 22.0 Å². The predicted molar refractivity (Wildman–Crippen MR) is 139 cm³/mol. The lowest BCUT2D eigenvalue weighted by Crippen LogP contribution is -2.11. The summed E-state index contributed by atoms with van der Waals surface area (Å²) in [5.41, 5.74) is 11.4. The van der Waals surface area contributed by atoms with Gasteiger partial charge in [-0.2, -0.15) is 5.10 Å². The zero-order valence-electron chi connectivity index (χ0n) is 20.4. The molecular formula is C27H26FN9. The van der Waals surface area contributed by atoms with Crippen LogP contribution in [0.4, 0.5) is 21.8 Å². The van der Waals surface area contributed by atoms with Crippen LogP contribution in [0.15, 0.2) is 43.0 Å². The molecule has 5 aromatic rings. The molecule has 2 aliphatic rings. The maximum absolute atomic E-state index is 14.8. The summed E-state index contributed by atoms with van der Waals surface area (Å²) < 4.78 is 18.9. The van der Waals surface area contributed by atoms with Gasteiger partial charge in [0.2, 0.25) is 0 Å². The number of fused-ring (bicyclic) bond motifs is 4. The number of nitrogens with one attached hydrogen (secondary N) is 1. The molecule has 9 nitrogen and oxygen atoms in total. The summed E-state index contributed by atoms with van der Waals surface area (Å²) in [7, 11) is 0. The highest BCUT2D eigenvalue weighted by Crippen LogP contribution is 2.38. The third kappa shape index (κ3) is 3.71. The second kappa shape index (κ2) is 8.36. The van der Waals surface area contributed by atoms with E-state index in [1.807, 2.05) is 36.1 Å². The molecular weight excluding hydrogens is 469 g/mol. The van der Waals surface area contributed by atoms with Gasteiger partial charge in [0.25, 0.3) is 0 Å². The monoisotopic (exact) mass is 495 g/mol. The summed E-state index contributed by atoms with van der Waals surface area (Å²) in [5, 5.41) is 9.72. The molecule has 7 rings (SSSR count). The number of anilines is 3. The van der Waals surface area contributed by atoms with E-state index in [9.17, 15) is 4.39 Å². The molecule has 0 saturated heterocycles. The summed E-state index contributed by atoms with van der Waals surface area (Å²) in [4.78, 5) is 18.2. The van der Waals surface area contributed by atoms with Gasteiger partial charge in [0.1, 0.15) is 23.6 Å². The Hall–Kier alpha value is -4.34. The van der Waals surface area contributed by atoms with Crippen molar-refractivity contribution in [1.82, 2.24) is 34.3 Å². The van der Waals surface area contributed by atoms with Crippen molar-refractivity contribution in [3.05, 3.63) is 71.3 Å². The van der Waals surface area contributed by atoms with Crippen molar-refractivity contribution in [2.24, 2.45) is 0 Å². The van der Waals surface area contributed by atoms with E-state index in [2.05, 4.69) is 35.9 Å². The van der Waals surface area contributed by atoms with E-state index < -0.39 is 6.17 Å². The van der Waals surface area contributed by atoms with Crippen LogP contribution in [0.3, 0.4) is 0 Å². The molecule has 186 valence electrons. The lowest BCUT2D eigenvalue weighted by atomic mass is 9.88. The molecule has 0 saturated carbocycles. The number of aromatic nitrogens is 7. The quantitative estimate of drug-likeness (QED) is 0.374. The summed E-state index contributed by atoms with van der Waals surface area (Å²) in [6, 6.07) is 5.96. The highest BCUT2D eigenvalue weighted by Gasteiger charge is 2.25. The summed E-state index contributed by atoms with van der Waals surface area (Å²) in [5.74, 6) is 2.76. The van der Waals surface area contributed by atoms with E-state index in [0.29, 0.717) is 35.9 Å². The number of nitrogens with zero attached hydrogens (tertiary/aromatic N) is 7. The Kier molecular flexibility index (Phi) is 4.95. The van der Waals surface area contributed by atoms with Crippen LogP contribution in [0.2, 0.25) is 0 Å². The van der Waals surface area contributed by atoms with Gasteiger partial charge in [-0.15, -0.1) is 0 Å². The highest BCUT2D eigenvalue weighted by molar-refractivity contribution is 5.94. The Balaban J connectivity index is 1.22. The van der Waals surface area contributed by atoms with Crippen molar-refractivity contribution in [1.29, 1.82) is 0 Å². The Morgan fingerprint density at radius 2 is 2.00 bits per heavy atom. The fraction of sp³-hybridized carbons (Fsp3) is 0.296. The van der Waals surface area contributed by atoms with Gasteiger partial charge in [0.15, 0.2) is 5.82 Å². The minimum Gasteiger partial charge on any atom is -0.383 e. The lowest BCUT2D eigenvalue weighted by molar-refractivity contribution is 0.299. The zero-order valence-corrected chi connectivity index (χ0v) is 20.4. The molecule has 3 N–H and O–H groups in total. The molecule has 10 heteroatoms. The van der Waals surface area contributed by atoms with Gasteiger partial charge >= 0.3 is 0 Å². The predicted octanol–water partition coefficient (Wildman–Crippen LogP) is 4.67. The number of pyridine rings is 3. The van der Waals surface area contributed by atoms with Crippen LogP contribution in [0.5, 0.6) is 0 Å². The number of nitrogens with two attached hydrogens (primary N) is 1. The molecule has 5 aromatic heterocycles. The smallest absolute Gasteiger partial charge is 0.153 e. The maximum Gasteiger partial charge on any atom is 0.153 e. The molecule has 0 radical (unpaired) electrons. The number of nitrogen functional groups attached to an aromatic ring is 1. The van der Waals surface area contributed by atoms with Crippen molar-refractivity contribution in [3.8, 4) is 11.3 Å². The molecule has 0 bridgehead atoms. The van der Waals surface area contributed by atoms with E-state index in [0.717, 1.165) is 70.7 Å². The number of hydrogen-bond donors (Lipinski definition) is 2. The number of rotatable bonds is 3. The lowest BCUT2D eigenvalue weighted by Gasteiger charge is -2.22. The fourth-order valence-electron chi connectivity index (χ4n) is 5.57. The summed E-state index contributed by atoms with van der Waals surface area (Å²) in [6.07, 6.45) is 9.41. The average molecular weight is 496 g/mol. The largest absolute Gasteiger partial charge is 0.383 e. The van der Waals surface area contributed by atoms with Crippen molar-refractivity contribution in [2.45, 2.75) is 51.9 Å². The summed E-state index contributed by atoms with van der Waals surface area (Å²) >= 11 is 0. The minimum atomic E-state index is -0.987. The van der Waals surface area contributed by atoms with Crippen LogP contribution in [0, 0.1) is 6.92 Å². The van der Waals surface area contributed by atoms with Gasteiger partial charge in [-0.05, 0) is 49.3 Å². The van der Waals surface area contributed by atoms with Crippen LogP contribution in [-0.2, 0) is 25.9 Å². The van der Waals surface area contributed by atoms with Gasteiger partial charge in [-0.25, -0.2) is 19.3 Å². The fourth-order valence-corrected chi connectivity index (χ4v) is 5.57. The Morgan fingerprint density at radius 1 is 1.08 bits per heavy atom. The van der Waals surface area contributed by atoms with Crippen molar-refractivity contribution < 1.29 is 4.39 Å². The molecule has 0 aromatic carbocycles. The van der Waals surface area contributed by atoms with Crippen LogP contribution in [0.1, 0.15) is 47.4 Å². The molecule has 0 amide bonds. The van der Waals surface area contributed by atoms with E-state index in [4.69, 9.17) is 10.8 Å². The zero-order chi connectivity index (χ0) is 25.1. The molecule has 6 heterocycles. The standard InChI is InChI=1S/C27H26FN9/c1-15-18(12-31-21-4-2-3-20(28)26(15)21)22-9-16-10-23(32-13-19(16)27(29)33-22)34-24-11-17-5-7-36-8-6-30-25(36)14-37(17)35-24/h6,8-13,20H,2-5,7,14H2,1H3,(H2,29,33)(H,32,34,35)/t20-/m0/s1. The Morgan fingerprint density at radius 3 is 2.92 bits per heavy atom. The van der Waals surface area contributed by atoms with Crippen LogP contribution >= 0.6 is 0 Å². The minimum absolute atomic E-state index is 0.379. The van der Waals surface area contributed by atoms with E-state index in [-0.39, 0.29) is 0 Å². The molecule has 1 atom stereocenters. The highest BCUT2D eigenvalue weighted by atomic mass is 19.1. The number of halogens is 1. The van der Waals surface area contributed by atoms with Gasteiger partial charge < -0.3 is 15.6 Å². The normalized spacial score (nSPS) is 16.6. The molecule has 0 fully saturated rings. The average Bonchev–Trinajstić information content (AvgIpc) is 3.45. The van der Waals surface area contributed by atoms with Gasteiger partial charge in [-0.1, -0.05) is 0 Å². The molecule has 37 heavy (non-hydrogen) atoms. The van der Waals surface area contributed by atoms with Crippen molar-refractivity contribution >= 4 is 28.2 Å². The maximum atomic E-state index is 14.8. The first-order chi connectivity index (χ1) is 18.0. The third-order valence-corrected chi connectivity index (χ3v) is 7.49. The van der Waals surface area contributed by atoms with Crippen molar-refractivity contribution in [2.75, 3.05) is 11.1 Å². The Labute approximate surface area is 212 Å². The number of imidazole rings is 1. The Bertz CT molecular complexity index is 1670. The SMILES string of the molecule is Cc1c(-c2cc3cc(Nc4cc5n(n4)Cc4nccn4CC5)ncc3c(N)n2)cnc2c1[C@@H](F)CCC2. The van der Waals surface area contributed by atoms with Gasteiger partial charge in [-0.3, -0.25) is 9.67 Å². The van der Waals surface area contributed by atoms with Crippen LogP contribution in [-0.4, -0.2) is 34.3 Å². The molecule has 1 aliphatic heterocycles. The van der Waals surface area contributed by atoms with E-state index >= 15 is 0 Å². The van der Waals surface area contributed by atoms with E-state index in [1.54, 1.807) is 12.4 Å². The second-order valence-electron chi connectivity index (χ2n) is 9.79. The van der Waals surface area contributed by atoms with E-state index in [1.165, 1.54) is 0 Å². The molecule has 0 spiro atoms. The second-order valence-corrected chi connectivity index (χ2v) is 9.79. The topological polar surface area (TPSA) is 112 Å². The number of aryl methyl sites for hydroxylation is 3. The summed E-state index contributed by atoms with van der Waals surface area (Å²) in [6.45, 7) is 3.46.